The van der Waals surface area contributed by atoms with Gasteiger partial charge in [-0.05, 0) is 18.8 Å². The molecule has 17 heavy (non-hydrogen) atoms. The van der Waals surface area contributed by atoms with Gasteiger partial charge in [0.25, 0.3) is 5.92 Å². The van der Waals surface area contributed by atoms with E-state index >= 15 is 0 Å². The summed E-state index contributed by atoms with van der Waals surface area (Å²) in [7, 11) is 0. The van der Waals surface area contributed by atoms with Crippen molar-refractivity contribution >= 4 is 18.3 Å². The molecular weight excluding hydrogens is 254 g/mol. The van der Waals surface area contributed by atoms with Gasteiger partial charge in [0.15, 0.2) is 0 Å². The van der Waals surface area contributed by atoms with Crippen LogP contribution in [0, 0.1) is 5.92 Å². The van der Waals surface area contributed by atoms with Crippen molar-refractivity contribution in [3.8, 4) is 0 Å². The highest BCUT2D eigenvalue weighted by Crippen LogP contribution is 2.18. The van der Waals surface area contributed by atoms with E-state index in [1.807, 2.05) is 0 Å². The molecular formula is C10H19ClF2N2O2. The Hall–Kier alpha value is -0.460. The van der Waals surface area contributed by atoms with Gasteiger partial charge in [0.05, 0.1) is 13.1 Å². The van der Waals surface area contributed by atoms with Crippen molar-refractivity contribution < 1.29 is 18.3 Å². The van der Waals surface area contributed by atoms with Gasteiger partial charge in [-0.1, -0.05) is 0 Å². The van der Waals surface area contributed by atoms with Crippen molar-refractivity contribution in [1.29, 1.82) is 0 Å². The second-order valence-corrected chi connectivity index (χ2v) is 4.10. The lowest BCUT2D eigenvalue weighted by Gasteiger charge is -2.22. The minimum atomic E-state index is -3.01. The monoisotopic (exact) mass is 272 g/mol. The molecule has 0 spiro atoms. The number of alkyl halides is 2. The highest BCUT2D eigenvalue weighted by Gasteiger charge is 2.27. The molecule has 0 atom stereocenters. The van der Waals surface area contributed by atoms with Gasteiger partial charge in [-0.2, -0.15) is 0 Å². The van der Waals surface area contributed by atoms with Crippen molar-refractivity contribution in [2.75, 3.05) is 26.3 Å². The molecule has 1 saturated heterocycles. The third-order valence-corrected chi connectivity index (χ3v) is 2.66. The topological polar surface area (TPSA) is 64.3 Å². The van der Waals surface area contributed by atoms with Gasteiger partial charge < -0.3 is 15.8 Å². The molecule has 1 fully saturated rings. The summed E-state index contributed by atoms with van der Waals surface area (Å²) in [6, 6.07) is 0. The lowest BCUT2D eigenvalue weighted by atomic mass is 9.96. The molecule has 102 valence electrons. The van der Waals surface area contributed by atoms with Crippen molar-refractivity contribution in [2.24, 2.45) is 11.7 Å². The van der Waals surface area contributed by atoms with Crippen LogP contribution in [0.3, 0.4) is 0 Å². The van der Waals surface area contributed by atoms with Crippen LogP contribution in [0.1, 0.15) is 19.3 Å². The Morgan fingerprint density at radius 2 is 2.00 bits per heavy atom. The Bertz CT molecular complexity index is 236. The molecule has 3 N–H and O–H groups in total. The molecule has 0 saturated carbocycles. The molecule has 4 nitrogen and oxygen atoms in total. The van der Waals surface area contributed by atoms with Crippen molar-refractivity contribution in [1.82, 2.24) is 5.32 Å². The van der Waals surface area contributed by atoms with E-state index in [-0.39, 0.29) is 24.2 Å². The number of nitrogens with two attached hydrogens (primary N) is 1. The van der Waals surface area contributed by atoms with Gasteiger partial charge in [0, 0.05) is 19.6 Å². The standard InChI is InChI=1S/C10H18F2N2O2.ClH/c11-10(12,6-13)7-14-9(15)5-8-1-3-16-4-2-8;/h8H,1-7,13H2,(H,14,15);1H. The molecule has 0 aliphatic carbocycles. The number of hydrogen-bond donors (Lipinski definition) is 2. The van der Waals surface area contributed by atoms with Crippen molar-refractivity contribution in [3.05, 3.63) is 0 Å². The molecule has 0 unspecified atom stereocenters. The summed E-state index contributed by atoms with van der Waals surface area (Å²) in [6.45, 7) is -0.121. The van der Waals surface area contributed by atoms with Crippen LogP contribution < -0.4 is 11.1 Å². The summed E-state index contributed by atoms with van der Waals surface area (Å²) in [5.41, 5.74) is 4.86. The van der Waals surface area contributed by atoms with E-state index in [2.05, 4.69) is 5.32 Å². The van der Waals surface area contributed by atoms with Crippen LogP contribution >= 0.6 is 12.4 Å². The fraction of sp³-hybridized carbons (Fsp3) is 0.900. The number of ether oxygens (including phenoxy) is 1. The summed E-state index contributed by atoms with van der Waals surface area (Å²) in [5, 5.41) is 2.21. The molecule has 1 amide bonds. The first-order valence-corrected chi connectivity index (χ1v) is 5.46. The van der Waals surface area contributed by atoms with Crippen LogP contribution in [0.15, 0.2) is 0 Å². The zero-order valence-electron chi connectivity index (χ0n) is 9.59. The van der Waals surface area contributed by atoms with Gasteiger partial charge in [0.2, 0.25) is 5.91 Å². The fourth-order valence-electron chi connectivity index (χ4n) is 1.58. The molecule has 1 aliphatic heterocycles. The quantitative estimate of drug-likeness (QED) is 0.783. The van der Waals surface area contributed by atoms with E-state index in [1.165, 1.54) is 0 Å². The number of halogens is 3. The molecule has 0 radical (unpaired) electrons. The normalized spacial score (nSPS) is 17.4. The number of nitrogens with one attached hydrogen (secondary N) is 1. The lowest BCUT2D eigenvalue weighted by Crippen LogP contribution is -2.42. The van der Waals surface area contributed by atoms with Gasteiger partial charge >= 0.3 is 0 Å². The average molecular weight is 273 g/mol. The Kier molecular flexibility index (Phi) is 7.58. The minimum absolute atomic E-state index is 0. The van der Waals surface area contributed by atoms with Gasteiger partial charge in [0.1, 0.15) is 0 Å². The Morgan fingerprint density at radius 3 is 2.53 bits per heavy atom. The summed E-state index contributed by atoms with van der Waals surface area (Å²) in [6.07, 6.45) is 1.94. The second-order valence-electron chi connectivity index (χ2n) is 4.10. The van der Waals surface area contributed by atoms with Crippen LogP contribution in [0.4, 0.5) is 8.78 Å². The first-order valence-electron chi connectivity index (χ1n) is 5.46. The Balaban J connectivity index is 0.00000256. The maximum Gasteiger partial charge on any atom is 0.277 e. The van der Waals surface area contributed by atoms with Crippen LogP contribution in [-0.4, -0.2) is 38.1 Å². The molecule has 0 bridgehead atoms. The van der Waals surface area contributed by atoms with Crippen LogP contribution in [0.5, 0.6) is 0 Å². The Labute approximate surface area is 106 Å². The van der Waals surface area contributed by atoms with E-state index in [1.54, 1.807) is 0 Å². The Morgan fingerprint density at radius 1 is 1.41 bits per heavy atom. The van der Waals surface area contributed by atoms with Gasteiger partial charge in [-0.3, -0.25) is 4.79 Å². The highest BCUT2D eigenvalue weighted by atomic mass is 35.5. The van der Waals surface area contributed by atoms with E-state index in [4.69, 9.17) is 10.5 Å². The maximum absolute atomic E-state index is 12.7. The molecule has 0 aromatic rings. The van der Waals surface area contributed by atoms with Crippen molar-refractivity contribution in [3.63, 3.8) is 0 Å². The number of carbonyl (C=O) groups is 1. The molecule has 0 aromatic heterocycles. The summed E-state index contributed by atoms with van der Waals surface area (Å²) < 4.78 is 30.6. The van der Waals surface area contributed by atoms with Gasteiger partial charge in [-0.15, -0.1) is 12.4 Å². The third-order valence-electron chi connectivity index (χ3n) is 2.66. The van der Waals surface area contributed by atoms with E-state index < -0.39 is 19.0 Å². The molecule has 7 heteroatoms. The van der Waals surface area contributed by atoms with Gasteiger partial charge in [-0.25, -0.2) is 8.78 Å². The maximum atomic E-state index is 12.7. The number of amides is 1. The minimum Gasteiger partial charge on any atom is -0.381 e. The summed E-state index contributed by atoms with van der Waals surface area (Å²) >= 11 is 0. The first kappa shape index (κ1) is 16.5. The largest absolute Gasteiger partial charge is 0.381 e. The molecule has 1 rings (SSSR count). The molecule has 0 aromatic carbocycles. The molecule has 1 heterocycles. The zero-order valence-corrected chi connectivity index (χ0v) is 10.4. The SMILES string of the molecule is Cl.NCC(F)(F)CNC(=O)CC1CCOCC1. The predicted octanol–water partition coefficient (Wildman–Crippen LogP) is 0.935. The van der Waals surface area contributed by atoms with Crippen LogP contribution in [0.25, 0.3) is 0 Å². The lowest BCUT2D eigenvalue weighted by molar-refractivity contribution is -0.124. The smallest absolute Gasteiger partial charge is 0.277 e. The van der Waals surface area contributed by atoms with Crippen LogP contribution in [0.2, 0.25) is 0 Å². The fourth-order valence-corrected chi connectivity index (χ4v) is 1.58. The van der Waals surface area contributed by atoms with E-state index in [0.717, 1.165) is 12.8 Å². The number of hydrogen-bond acceptors (Lipinski definition) is 3. The predicted molar refractivity (Wildman–Crippen MR) is 62.4 cm³/mol. The van der Waals surface area contributed by atoms with E-state index in [9.17, 15) is 13.6 Å². The summed E-state index contributed by atoms with van der Waals surface area (Å²) in [5.74, 6) is -3.09. The zero-order chi connectivity index (χ0) is 12.0. The van der Waals surface area contributed by atoms with Crippen molar-refractivity contribution in [2.45, 2.75) is 25.2 Å². The first-order chi connectivity index (χ1) is 7.53. The van der Waals surface area contributed by atoms with Crippen LogP contribution in [-0.2, 0) is 9.53 Å². The number of rotatable bonds is 5. The number of carbonyl (C=O) groups excluding carboxylic acids is 1. The summed E-state index contributed by atoms with van der Waals surface area (Å²) in [4.78, 5) is 11.3. The van der Waals surface area contributed by atoms with E-state index in [0.29, 0.717) is 19.6 Å². The third kappa shape index (κ3) is 6.75. The average Bonchev–Trinajstić information content (AvgIpc) is 2.28. The highest BCUT2D eigenvalue weighted by molar-refractivity contribution is 5.85. The second kappa shape index (κ2) is 7.79. The molecule has 1 aliphatic rings.